The fraction of sp³-hybridized carbons (Fsp3) is 0.562. The standard InChI is InChI=1S/C16H25NO2/c1-14(9-10-16(18)19)11-13-17-12-5-8-15-6-3-2-4-7-15/h2-4,6-7,14,17H,5,8-13H2,1H3,(H,18,19). The van der Waals surface area contributed by atoms with Crippen molar-refractivity contribution in [3.8, 4) is 0 Å². The van der Waals surface area contributed by atoms with E-state index in [0.717, 1.165) is 38.8 Å². The Hall–Kier alpha value is -1.35. The van der Waals surface area contributed by atoms with Gasteiger partial charge in [0.05, 0.1) is 0 Å². The van der Waals surface area contributed by atoms with Crippen molar-refractivity contribution in [2.75, 3.05) is 13.1 Å². The number of benzene rings is 1. The van der Waals surface area contributed by atoms with Crippen LogP contribution in [0.1, 0.15) is 38.2 Å². The average molecular weight is 263 g/mol. The summed E-state index contributed by atoms with van der Waals surface area (Å²) >= 11 is 0. The quantitative estimate of drug-likeness (QED) is 0.638. The molecule has 0 aliphatic carbocycles. The lowest BCUT2D eigenvalue weighted by molar-refractivity contribution is -0.137. The predicted molar refractivity (Wildman–Crippen MR) is 78.3 cm³/mol. The van der Waals surface area contributed by atoms with Gasteiger partial charge in [0, 0.05) is 6.42 Å². The third-order valence-electron chi connectivity index (χ3n) is 3.33. The SMILES string of the molecule is CC(CCNCCCc1ccccc1)CCC(=O)O. The molecule has 0 aromatic heterocycles. The molecule has 1 aromatic rings. The van der Waals surface area contributed by atoms with Crippen LogP contribution in [-0.4, -0.2) is 24.2 Å². The zero-order valence-electron chi connectivity index (χ0n) is 11.8. The van der Waals surface area contributed by atoms with Crippen LogP contribution in [0.2, 0.25) is 0 Å². The van der Waals surface area contributed by atoms with Crippen LogP contribution in [0.25, 0.3) is 0 Å². The van der Waals surface area contributed by atoms with Crippen molar-refractivity contribution in [1.82, 2.24) is 5.32 Å². The summed E-state index contributed by atoms with van der Waals surface area (Å²) in [4.78, 5) is 10.4. The van der Waals surface area contributed by atoms with E-state index in [-0.39, 0.29) is 6.42 Å². The van der Waals surface area contributed by atoms with E-state index < -0.39 is 5.97 Å². The number of hydrogen-bond donors (Lipinski definition) is 2. The van der Waals surface area contributed by atoms with E-state index in [9.17, 15) is 4.79 Å². The maximum atomic E-state index is 10.4. The summed E-state index contributed by atoms with van der Waals surface area (Å²) in [6.07, 6.45) is 4.38. The van der Waals surface area contributed by atoms with Crippen LogP contribution in [-0.2, 0) is 11.2 Å². The Morgan fingerprint density at radius 1 is 1.21 bits per heavy atom. The van der Waals surface area contributed by atoms with Gasteiger partial charge in [0.15, 0.2) is 0 Å². The second-order valence-corrected chi connectivity index (χ2v) is 5.17. The van der Waals surface area contributed by atoms with Gasteiger partial charge in [0.1, 0.15) is 0 Å². The van der Waals surface area contributed by atoms with Gasteiger partial charge in [-0.15, -0.1) is 0 Å². The van der Waals surface area contributed by atoms with E-state index in [1.807, 2.05) is 6.07 Å². The number of carbonyl (C=O) groups is 1. The molecule has 0 amide bonds. The van der Waals surface area contributed by atoms with Gasteiger partial charge >= 0.3 is 5.97 Å². The zero-order chi connectivity index (χ0) is 13.9. The predicted octanol–water partition coefficient (Wildman–Crippen LogP) is 3.10. The van der Waals surface area contributed by atoms with E-state index in [2.05, 4.69) is 36.5 Å². The second-order valence-electron chi connectivity index (χ2n) is 5.17. The Morgan fingerprint density at radius 2 is 1.95 bits per heavy atom. The van der Waals surface area contributed by atoms with Crippen molar-refractivity contribution in [3.63, 3.8) is 0 Å². The number of nitrogens with one attached hydrogen (secondary N) is 1. The molecule has 0 heterocycles. The molecule has 0 bridgehead atoms. The van der Waals surface area contributed by atoms with Crippen LogP contribution >= 0.6 is 0 Å². The van der Waals surface area contributed by atoms with E-state index >= 15 is 0 Å². The Morgan fingerprint density at radius 3 is 2.63 bits per heavy atom. The van der Waals surface area contributed by atoms with Gasteiger partial charge in [0.2, 0.25) is 0 Å². The molecule has 0 saturated carbocycles. The van der Waals surface area contributed by atoms with Crippen LogP contribution in [0.3, 0.4) is 0 Å². The van der Waals surface area contributed by atoms with Crippen molar-refractivity contribution in [1.29, 1.82) is 0 Å². The summed E-state index contributed by atoms with van der Waals surface area (Å²) in [5, 5.41) is 12.0. The van der Waals surface area contributed by atoms with Gasteiger partial charge in [0.25, 0.3) is 0 Å². The van der Waals surface area contributed by atoms with Gasteiger partial charge in [-0.3, -0.25) is 4.79 Å². The Balaban J connectivity index is 1.95. The van der Waals surface area contributed by atoms with Gasteiger partial charge in [-0.05, 0) is 50.3 Å². The van der Waals surface area contributed by atoms with E-state index in [0.29, 0.717) is 5.92 Å². The fourth-order valence-electron chi connectivity index (χ4n) is 2.05. The highest BCUT2D eigenvalue weighted by atomic mass is 16.4. The van der Waals surface area contributed by atoms with Crippen LogP contribution < -0.4 is 5.32 Å². The topological polar surface area (TPSA) is 49.3 Å². The largest absolute Gasteiger partial charge is 0.481 e. The summed E-state index contributed by atoms with van der Waals surface area (Å²) in [6.45, 7) is 4.13. The summed E-state index contributed by atoms with van der Waals surface area (Å²) in [7, 11) is 0. The number of aliphatic carboxylic acids is 1. The Kier molecular flexibility index (Phi) is 7.91. The number of carboxylic acids is 1. The van der Waals surface area contributed by atoms with Crippen molar-refractivity contribution >= 4 is 5.97 Å². The molecule has 106 valence electrons. The van der Waals surface area contributed by atoms with Crippen molar-refractivity contribution in [2.45, 2.75) is 39.0 Å². The first kappa shape index (κ1) is 15.7. The number of aryl methyl sites for hydroxylation is 1. The number of hydrogen-bond acceptors (Lipinski definition) is 2. The van der Waals surface area contributed by atoms with Gasteiger partial charge < -0.3 is 10.4 Å². The summed E-state index contributed by atoms with van der Waals surface area (Å²) in [5.74, 6) is -0.208. The average Bonchev–Trinajstić information content (AvgIpc) is 2.41. The van der Waals surface area contributed by atoms with Crippen LogP contribution in [0.4, 0.5) is 0 Å². The van der Waals surface area contributed by atoms with Crippen LogP contribution in [0, 0.1) is 5.92 Å². The maximum Gasteiger partial charge on any atom is 0.303 e. The van der Waals surface area contributed by atoms with E-state index in [1.165, 1.54) is 5.56 Å². The fourth-order valence-corrected chi connectivity index (χ4v) is 2.05. The van der Waals surface area contributed by atoms with Gasteiger partial charge in [-0.25, -0.2) is 0 Å². The summed E-state index contributed by atoms with van der Waals surface area (Å²) < 4.78 is 0. The third-order valence-corrected chi connectivity index (χ3v) is 3.33. The molecule has 0 aliphatic rings. The molecular formula is C16H25NO2. The zero-order valence-corrected chi connectivity index (χ0v) is 11.8. The molecule has 1 unspecified atom stereocenters. The molecule has 1 aromatic carbocycles. The first-order valence-corrected chi connectivity index (χ1v) is 7.15. The molecule has 19 heavy (non-hydrogen) atoms. The van der Waals surface area contributed by atoms with E-state index in [4.69, 9.17) is 5.11 Å². The Labute approximate surface area is 116 Å². The minimum atomic E-state index is -0.692. The molecule has 2 N–H and O–H groups in total. The highest BCUT2D eigenvalue weighted by Gasteiger charge is 2.04. The molecule has 0 aliphatic heterocycles. The van der Waals surface area contributed by atoms with E-state index in [1.54, 1.807) is 0 Å². The smallest absolute Gasteiger partial charge is 0.303 e. The normalized spacial score (nSPS) is 12.3. The van der Waals surface area contributed by atoms with Crippen molar-refractivity contribution in [3.05, 3.63) is 35.9 Å². The minimum absolute atomic E-state index is 0.287. The minimum Gasteiger partial charge on any atom is -0.481 e. The first-order valence-electron chi connectivity index (χ1n) is 7.15. The molecule has 0 spiro atoms. The molecule has 0 radical (unpaired) electrons. The van der Waals surface area contributed by atoms with Crippen molar-refractivity contribution < 1.29 is 9.90 Å². The number of rotatable bonds is 10. The second kappa shape index (κ2) is 9.56. The molecule has 3 nitrogen and oxygen atoms in total. The van der Waals surface area contributed by atoms with Gasteiger partial charge in [-0.1, -0.05) is 37.3 Å². The number of carboxylic acid groups (broad SMARTS) is 1. The molecule has 0 fully saturated rings. The lowest BCUT2D eigenvalue weighted by Gasteiger charge is -2.10. The van der Waals surface area contributed by atoms with Crippen LogP contribution in [0.5, 0.6) is 0 Å². The Bertz CT molecular complexity index is 351. The highest BCUT2D eigenvalue weighted by Crippen LogP contribution is 2.09. The lowest BCUT2D eigenvalue weighted by Crippen LogP contribution is -2.19. The first-order chi connectivity index (χ1) is 9.18. The monoisotopic (exact) mass is 263 g/mol. The third kappa shape index (κ3) is 8.38. The molecule has 3 heteroatoms. The van der Waals surface area contributed by atoms with Gasteiger partial charge in [-0.2, -0.15) is 0 Å². The van der Waals surface area contributed by atoms with Crippen LogP contribution in [0.15, 0.2) is 30.3 Å². The molecule has 1 atom stereocenters. The lowest BCUT2D eigenvalue weighted by atomic mass is 10.0. The molecule has 1 rings (SSSR count). The molecule has 0 saturated heterocycles. The summed E-state index contributed by atoms with van der Waals surface area (Å²) in [5.41, 5.74) is 1.39. The maximum absolute atomic E-state index is 10.4. The summed E-state index contributed by atoms with van der Waals surface area (Å²) in [6, 6.07) is 10.5. The molecular weight excluding hydrogens is 238 g/mol. The van der Waals surface area contributed by atoms with Crippen molar-refractivity contribution in [2.24, 2.45) is 5.92 Å². The highest BCUT2D eigenvalue weighted by molar-refractivity contribution is 5.66.